The monoisotopic (exact) mass is 549 g/mol. The SMILES string of the molecule is CC1(C)O[C@@H](COCc2ccccc2)[C@@H](C(=O)C(C#N)=P(c2ccccc2)(c2ccccc2)c2ccccc2)O1. The van der Waals surface area contributed by atoms with Gasteiger partial charge in [-0.05, 0) is 42.2 Å². The Morgan fingerprint density at radius 2 is 1.23 bits per heavy atom. The van der Waals surface area contributed by atoms with Gasteiger partial charge in [0.1, 0.15) is 17.5 Å². The Balaban J connectivity index is 1.65. The fourth-order valence-electron chi connectivity index (χ4n) is 5.27. The van der Waals surface area contributed by atoms with Crippen molar-refractivity contribution in [3.63, 3.8) is 0 Å². The number of nitriles is 1. The average molecular weight is 550 g/mol. The van der Waals surface area contributed by atoms with Crippen molar-refractivity contribution in [3.05, 3.63) is 127 Å². The van der Waals surface area contributed by atoms with Gasteiger partial charge in [0.15, 0.2) is 11.9 Å². The summed E-state index contributed by atoms with van der Waals surface area (Å²) in [7, 11) is 0. The first-order valence-corrected chi connectivity index (χ1v) is 15.1. The number of carbonyl (C=O) groups is 1. The Hall–Kier alpha value is -3.78. The third-order valence-electron chi connectivity index (χ3n) is 6.94. The van der Waals surface area contributed by atoms with E-state index >= 15 is 0 Å². The summed E-state index contributed by atoms with van der Waals surface area (Å²) in [5, 5.41) is 13.8. The third kappa shape index (κ3) is 5.59. The van der Waals surface area contributed by atoms with E-state index in [4.69, 9.17) is 14.2 Å². The second-order valence-electron chi connectivity index (χ2n) is 10.1. The zero-order chi connectivity index (χ0) is 28.0. The average Bonchev–Trinajstić information content (AvgIpc) is 3.31. The van der Waals surface area contributed by atoms with Gasteiger partial charge in [-0.2, -0.15) is 5.26 Å². The Morgan fingerprint density at radius 3 is 1.68 bits per heavy atom. The van der Waals surface area contributed by atoms with Gasteiger partial charge < -0.3 is 14.2 Å². The normalized spacial score (nSPS) is 18.1. The molecule has 0 saturated carbocycles. The van der Waals surface area contributed by atoms with Gasteiger partial charge in [-0.3, -0.25) is 4.79 Å². The molecular formula is C34H32NO4P. The van der Waals surface area contributed by atoms with Gasteiger partial charge >= 0.3 is 0 Å². The molecular weight excluding hydrogens is 517 g/mol. The summed E-state index contributed by atoms with van der Waals surface area (Å²) in [6, 6.07) is 41.8. The molecule has 6 heteroatoms. The van der Waals surface area contributed by atoms with E-state index in [0.29, 0.717) is 6.61 Å². The van der Waals surface area contributed by atoms with Crippen molar-refractivity contribution in [2.24, 2.45) is 0 Å². The lowest BCUT2D eigenvalue weighted by Crippen LogP contribution is -2.42. The zero-order valence-electron chi connectivity index (χ0n) is 22.6. The van der Waals surface area contributed by atoms with Gasteiger partial charge in [-0.25, -0.2) is 0 Å². The fourth-order valence-corrected chi connectivity index (χ4v) is 9.40. The Bertz CT molecular complexity index is 1430. The molecule has 2 atom stereocenters. The summed E-state index contributed by atoms with van der Waals surface area (Å²) >= 11 is 0. The first-order chi connectivity index (χ1) is 19.5. The molecule has 202 valence electrons. The molecule has 0 aliphatic carbocycles. The van der Waals surface area contributed by atoms with E-state index in [-0.39, 0.29) is 17.7 Å². The minimum absolute atomic E-state index is 0.154. The van der Waals surface area contributed by atoms with E-state index in [1.807, 2.05) is 121 Å². The third-order valence-corrected chi connectivity index (χ3v) is 11.2. The summed E-state index contributed by atoms with van der Waals surface area (Å²) in [6.07, 6.45) is -1.66. The number of ketones is 1. The second-order valence-corrected chi connectivity index (χ2v) is 13.4. The summed E-state index contributed by atoms with van der Waals surface area (Å²) in [6.45, 7) is 1.21. The van der Waals surface area contributed by atoms with Gasteiger partial charge in [0.25, 0.3) is 0 Å². The standard InChI is InChI=1S/C34H32NO4P/c1-34(2)38-30(25-37-24-26-15-7-3-8-16-26)33(39-34)32(36)31(23-35)40(27-17-9-4-10-18-27,28-19-11-5-12-20-28)29-21-13-6-14-22-29/h3-22,30,33H,24-25H2,1-2H3/t30-,33-/m0/s1. The van der Waals surface area contributed by atoms with Crippen LogP contribution in [0.3, 0.4) is 0 Å². The predicted molar refractivity (Wildman–Crippen MR) is 161 cm³/mol. The molecule has 1 aliphatic heterocycles. The molecule has 0 N–H and O–H groups in total. The highest BCUT2D eigenvalue weighted by Gasteiger charge is 2.48. The highest BCUT2D eigenvalue weighted by molar-refractivity contribution is 7.97. The Kier molecular flexibility index (Phi) is 8.45. The van der Waals surface area contributed by atoms with Crippen molar-refractivity contribution < 1.29 is 19.0 Å². The van der Waals surface area contributed by atoms with E-state index in [9.17, 15) is 10.1 Å². The number of hydrogen-bond acceptors (Lipinski definition) is 5. The number of benzene rings is 4. The van der Waals surface area contributed by atoms with Crippen molar-refractivity contribution in [2.45, 2.75) is 38.4 Å². The molecule has 1 aliphatic rings. The van der Waals surface area contributed by atoms with Crippen LogP contribution in [0.15, 0.2) is 121 Å². The van der Waals surface area contributed by atoms with Crippen molar-refractivity contribution in [1.82, 2.24) is 0 Å². The smallest absolute Gasteiger partial charge is 0.205 e. The Labute approximate surface area is 235 Å². The number of Topliss-reactive ketones (excluding diaryl/α,β-unsaturated/α-hetero) is 1. The maximum atomic E-state index is 14.6. The van der Waals surface area contributed by atoms with E-state index in [2.05, 4.69) is 6.07 Å². The summed E-state index contributed by atoms with van der Waals surface area (Å²) in [5.41, 5.74) is 1.02. The van der Waals surface area contributed by atoms with Crippen LogP contribution in [0.25, 0.3) is 0 Å². The maximum absolute atomic E-state index is 14.6. The summed E-state index contributed by atoms with van der Waals surface area (Å²) < 4.78 is 18.4. The molecule has 40 heavy (non-hydrogen) atoms. The predicted octanol–water partition coefficient (Wildman–Crippen LogP) is 4.98. The molecule has 0 bridgehead atoms. The topological polar surface area (TPSA) is 68.5 Å². The van der Waals surface area contributed by atoms with Crippen molar-refractivity contribution in [1.29, 1.82) is 5.26 Å². The number of hydrogen-bond donors (Lipinski definition) is 0. The van der Waals surface area contributed by atoms with Crippen LogP contribution in [0.1, 0.15) is 19.4 Å². The number of carbonyl (C=O) groups excluding carboxylic acids is 1. The second kappa shape index (κ2) is 12.2. The first kappa shape index (κ1) is 27.8. The highest BCUT2D eigenvalue weighted by atomic mass is 31.2. The van der Waals surface area contributed by atoms with E-state index < -0.39 is 24.9 Å². The summed E-state index contributed by atoms with van der Waals surface area (Å²) in [4.78, 5) is 14.6. The van der Waals surface area contributed by atoms with Gasteiger partial charge in [-0.1, -0.05) is 121 Å². The quantitative estimate of drug-likeness (QED) is 0.276. The molecule has 0 amide bonds. The molecule has 0 spiro atoms. The van der Waals surface area contributed by atoms with Gasteiger partial charge in [0, 0.05) is 0 Å². The van der Waals surface area contributed by atoms with Crippen LogP contribution in [-0.2, 0) is 25.6 Å². The van der Waals surface area contributed by atoms with Gasteiger partial charge in [0.05, 0.1) is 13.2 Å². The number of rotatable bonds is 9. The van der Waals surface area contributed by atoms with Gasteiger partial charge in [-0.15, -0.1) is 0 Å². The van der Waals surface area contributed by atoms with Crippen LogP contribution in [0.2, 0.25) is 0 Å². The molecule has 0 aromatic heterocycles. The molecule has 4 aromatic carbocycles. The molecule has 1 heterocycles. The van der Waals surface area contributed by atoms with Gasteiger partial charge in [0.2, 0.25) is 5.78 Å². The minimum atomic E-state index is -2.88. The van der Waals surface area contributed by atoms with E-state index in [1.165, 1.54) is 0 Å². The van der Waals surface area contributed by atoms with Crippen LogP contribution >= 0.6 is 6.89 Å². The lowest BCUT2D eigenvalue weighted by Gasteiger charge is -2.31. The lowest BCUT2D eigenvalue weighted by atomic mass is 10.1. The van der Waals surface area contributed by atoms with Crippen LogP contribution in [-0.4, -0.2) is 35.7 Å². The largest absolute Gasteiger partial charge is 0.374 e. The molecule has 4 aromatic rings. The number of nitrogens with zero attached hydrogens (tertiary/aromatic N) is 1. The van der Waals surface area contributed by atoms with Crippen molar-refractivity contribution in [2.75, 3.05) is 6.61 Å². The summed E-state index contributed by atoms with van der Waals surface area (Å²) in [5.74, 6) is -1.37. The van der Waals surface area contributed by atoms with Crippen molar-refractivity contribution >= 4 is 33.9 Å². The van der Waals surface area contributed by atoms with Crippen molar-refractivity contribution in [3.8, 4) is 6.07 Å². The molecule has 5 rings (SSSR count). The van der Waals surface area contributed by atoms with E-state index in [0.717, 1.165) is 21.5 Å². The zero-order valence-corrected chi connectivity index (χ0v) is 23.5. The molecule has 0 radical (unpaired) electrons. The number of ether oxygens (including phenoxy) is 3. The van der Waals surface area contributed by atoms with E-state index in [1.54, 1.807) is 13.8 Å². The van der Waals surface area contributed by atoms with Crippen LogP contribution in [0, 0.1) is 11.3 Å². The Morgan fingerprint density at radius 1 is 0.775 bits per heavy atom. The molecule has 1 saturated heterocycles. The molecule has 0 unspecified atom stereocenters. The highest BCUT2D eigenvalue weighted by Crippen LogP contribution is 2.47. The maximum Gasteiger partial charge on any atom is 0.205 e. The lowest BCUT2D eigenvalue weighted by molar-refractivity contribution is -0.155. The van der Waals surface area contributed by atoms with Crippen LogP contribution in [0.5, 0.6) is 0 Å². The van der Waals surface area contributed by atoms with Crippen LogP contribution < -0.4 is 15.9 Å². The molecule has 1 fully saturated rings. The first-order valence-electron chi connectivity index (χ1n) is 13.3. The molecule has 5 nitrogen and oxygen atoms in total. The minimum Gasteiger partial charge on any atom is -0.374 e. The van der Waals surface area contributed by atoms with Crippen LogP contribution in [0.4, 0.5) is 0 Å². The fraction of sp³-hybridized carbons (Fsp3) is 0.206.